The number of hydrogen-bond acceptors (Lipinski definition) is 0. The zero-order valence-electron chi connectivity index (χ0n) is 15.5. The number of rotatable bonds is 4. The van der Waals surface area contributed by atoms with Crippen molar-refractivity contribution in [3.05, 3.63) is 71.5 Å². The molecule has 1 unspecified atom stereocenters. The molecular weight excluding hydrogens is 304 g/mol. The predicted molar refractivity (Wildman–Crippen MR) is 107 cm³/mol. The van der Waals surface area contributed by atoms with Crippen LogP contribution in [-0.4, -0.2) is 9.55 Å². The molecule has 2 aromatic carbocycles. The Balaban J connectivity index is 1.69. The van der Waals surface area contributed by atoms with E-state index in [-0.39, 0.29) is 0 Å². The van der Waals surface area contributed by atoms with E-state index in [1.807, 2.05) is 0 Å². The van der Waals surface area contributed by atoms with E-state index in [1.54, 1.807) is 0 Å². The van der Waals surface area contributed by atoms with Crippen LogP contribution in [0, 0.1) is 0 Å². The van der Waals surface area contributed by atoms with Crippen molar-refractivity contribution in [1.29, 1.82) is 0 Å². The first-order chi connectivity index (χ1) is 12.0. The van der Waals surface area contributed by atoms with E-state index >= 15 is 0 Å². The summed E-state index contributed by atoms with van der Waals surface area (Å²) in [6.45, 7) is 6.86. The van der Waals surface area contributed by atoms with Crippen molar-refractivity contribution in [3.8, 4) is 0 Å². The fourth-order valence-electron chi connectivity index (χ4n) is 4.02. The minimum absolute atomic E-state index is 0.491. The van der Waals surface area contributed by atoms with Gasteiger partial charge in [0.25, 0.3) is 0 Å². The maximum Gasteiger partial charge on any atom is 0.0480 e. The van der Waals surface area contributed by atoms with Crippen molar-refractivity contribution in [2.24, 2.45) is 7.05 Å². The summed E-state index contributed by atoms with van der Waals surface area (Å²) in [5.74, 6) is 1.03. The first kappa shape index (κ1) is 16.0. The first-order valence-corrected chi connectivity index (χ1v) is 9.18. The highest BCUT2D eigenvalue weighted by atomic mass is 14.9. The molecule has 2 aromatic heterocycles. The van der Waals surface area contributed by atoms with Gasteiger partial charge in [-0.1, -0.05) is 45.0 Å². The molecule has 0 fully saturated rings. The van der Waals surface area contributed by atoms with Crippen molar-refractivity contribution in [2.45, 2.75) is 39.0 Å². The molecule has 0 aliphatic carbocycles. The van der Waals surface area contributed by atoms with Crippen LogP contribution >= 0.6 is 0 Å². The number of nitrogens with zero attached hydrogens (tertiary/aromatic N) is 1. The molecule has 0 saturated heterocycles. The number of para-hydroxylation sites is 1. The number of hydrogen-bond donors (Lipinski definition) is 1. The third kappa shape index (κ3) is 2.76. The van der Waals surface area contributed by atoms with E-state index in [4.69, 9.17) is 0 Å². The van der Waals surface area contributed by atoms with E-state index in [9.17, 15) is 0 Å². The Morgan fingerprint density at radius 1 is 0.960 bits per heavy atom. The van der Waals surface area contributed by atoms with Gasteiger partial charge in [0.1, 0.15) is 0 Å². The number of nitrogens with one attached hydrogen (secondary N) is 1. The lowest BCUT2D eigenvalue weighted by atomic mass is 9.92. The fourth-order valence-corrected chi connectivity index (χ4v) is 4.02. The third-order valence-electron chi connectivity index (χ3n) is 5.40. The fraction of sp³-hybridized carbons (Fsp3) is 0.304. The van der Waals surface area contributed by atoms with Crippen molar-refractivity contribution in [2.75, 3.05) is 0 Å². The highest BCUT2D eigenvalue weighted by molar-refractivity contribution is 5.85. The molecule has 2 heterocycles. The predicted octanol–water partition coefficient (Wildman–Crippen LogP) is 6.13. The second kappa shape index (κ2) is 6.11. The summed E-state index contributed by atoms with van der Waals surface area (Å²) in [5.41, 5.74) is 6.82. The summed E-state index contributed by atoms with van der Waals surface area (Å²) >= 11 is 0. The molecule has 0 aliphatic rings. The molecule has 25 heavy (non-hydrogen) atoms. The maximum atomic E-state index is 3.41. The van der Waals surface area contributed by atoms with Gasteiger partial charge in [-0.05, 0) is 53.1 Å². The lowest BCUT2D eigenvalue weighted by Crippen LogP contribution is -1.98. The second-order valence-corrected chi connectivity index (χ2v) is 7.60. The van der Waals surface area contributed by atoms with Gasteiger partial charge in [-0.25, -0.2) is 0 Å². The summed E-state index contributed by atoms with van der Waals surface area (Å²) in [4.78, 5) is 3.41. The van der Waals surface area contributed by atoms with E-state index in [1.165, 1.54) is 38.5 Å². The second-order valence-electron chi connectivity index (χ2n) is 7.60. The largest absolute Gasteiger partial charge is 0.361 e. The minimum atomic E-state index is 0.491. The number of fused-ring (bicyclic) bond motifs is 2. The van der Waals surface area contributed by atoms with E-state index in [0.717, 1.165) is 6.42 Å². The summed E-state index contributed by atoms with van der Waals surface area (Å²) in [6, 6.07) is 15.6. The molecule has 1 N–H and O–H groups in total. The highest BCUT2D eigenvalue weighted by Gasteiger charge is 2.14. The lowest BCUT2D eigenvalue weighted by Gasteiger charge is -2.12. The quantitative estimate of drug-likeness (QED) is 0.465. The van der Waals surface area contributed by atoms with E-state index < -0.39 is 0 Å². The zero-order chi connectivity index (χ0) is 17.6. The summed E-state index contributed by atoms with van der Waals surface area (Å²) in [5, 5.41) is 2.75. The van der Waals surface area contributed by atoms with Crippen molar-refractivity contribution in [3.63, 3.8) is 0 Å². The van der Waals surface area contributed by atoms with Crippen LogP contribution in [0.4, 0.5) is 0 Å². The van der Waals surface area contributed by atoms with Crippen LogP contribution in [0.1, 0.15) is 49.3 Å². The van der Waals surface area contributed by atoms with Crippen molar-refractivity contribution < 1.29 is 0 Å². The van der Waals surface area contributed by atoms with Gasteiger partial charge in [0, 0.05) is 41.2 Å². The average Bonchev–Trinajstić information content (AvgIpc) is 3.16. The van der Waals surface area contributed by atoms with Crippen LogP contribution in [0.2, 0.25) is 0 Å². The van der Waals surface area contributed by atoms with Gasteiger partial charge in [0.05, 0.1) is 0 Å². The minimum Gasteiger partial charge on any atom is -0.361 e. The number of H-pyrrole nitrogens is 1. The van der Waals surface area contributed by atoms with Gasteiger partial charge < -0.3 is 9.55 Å². The van der Waals surface area contributed by atoms with Gasteiger partial charge in [0.2, 0.25) is 0 Å². The van der Waals surface area contributed by atoms with Gasteiger partial charge in [-0.2, -0.15) is 0 Å². The Bertz CT molecular complexity index is 1030. The van der Waals surface area contributed by atoms with Crippen molar-refractivity contribution in [1.82, 2.24) is 9.55 Å². The Labute approximate surface area is 149 Å². The molecule has 128 valence electrons. The number of aromatic nitrogens is 2. The normalized spacial score (nSPS) is 13.2. The molecule has 4 rings (SSSR count). The number of benzene rings is 2. The molecular formula is C23H26N2. The topological polar surface area (TPSA) is 20.7 Å². The molecule has 1 atom stereocenters. The standard InChI is InChI=1S/C23H26N2/c1-15(2)20-13-24-22-10-9-17(12-19(20)22)11-16(3)21-14-25(4)23-8-6-5-7-18(21)23/h5-10,12-16,24H,11H2,1-4H3. The average molecular weight is 330 g/mol. The summed E-state index contributed by atoms with van der Waals surface area (Å²) < 4.78 is 2.24. The lowest BCUT2D eigenvalue weighted by molar-refractivity contribution is 0.760. The van der Waals surface area contributed by atoms with E-state index in [0.29, 0.717) is 11.8 Å². The molecule has 0 bridgehead atoms. The van der Waals surface area contributed by atoms with Crippen LogP contribution in [-0.2, 0) is 13.5 Å². The molecule has 2 heteroatoms. The van der Waals surface area contributed by atoms with Crippen LogP contribution in [0.25, 0.3) is 21.8 Å². The monoisotopic (exact) mass is 330 g/mol. The smallest absolute Gasteiger partial charge is 0.0480 e. The molecule has 0 aliphatic heterocycles. The number of aromatic amines is 1. The van der Waals surface area contributed by atoms with Crippen LogP contribution in [0.3, 0.4) is 0 Å². The SMILES string of the molecule is CC(C)c1c[nH]c2ccc(CC(C)c3cn(C)c4ccccc34)cc12. The van der Waals surface area contributed by atoms with Crippen LogP contribution in [0.5, 0.6) is 0 Å². The van der Waals surface area contributed by atoms with Crippen LogP contribution in [0.15, 0.2) is 54.9 Å². The molecule has 0 amide bonds. The molecule has 2 nitrogen and oxygen atoms in total. The molecule has 0 spiro atoms. The van der Waals surface area contributed by atoms with Gasteiger partial charge in [-0.15, -0.1) is 0 Å². The molecule has 0 saturated carbocycles. The van der Waals surface area contributed by atoms with Gasteiger partial charge in [-0.3, -0.25) is 0 Å². The van der Waals surface area contributed by atoms with Gasteiger partial charge >= 0.3 is 0 Å². The highest BCUT2D eigenvalue weighted by Crippen LogP contribution is 2.31. The van der Waals surface area contributed by atoms with Crippen LogP contribution < -0.4 is 0 Å². The van der Waals surface area contributed by atoms with E-state index in [2.05, 4.69) is 92.2 Å². The molecule has 0 radical (unpaired) electrons. The van der Waals surface area contributed by atoms with Gasteiger partial charge in [0.15, 0.2) is 0 Å². The van der Waals surface area contributed by atoms with Crippen molar-refractivity contribution >= 4 is 21.8 Å². The first-order valence-electron chi connectivity index (χ1n) is 9.18. The Morgan fingerprint density at radius 2 is 1.76 bits per heavy atom. The Morgan fingerprint density at radius 3 is 2.56 bits per heavy atom. The summed E-state index contributed by atoms with van der Waals surface area (Å²) in [7, 11) is 2.14. The summed E-state index contributed by atoms with van der Waals surface area (Å²) in [6.07, 6.45) is 5.52. The number of aryl methyl sites for hydroxylation is 1. The third-order valence-corrected chi connectivity index (χ3v) is 5.40. The Kier molecular flexibility index (Phi) is 3.91. The zero-order valence-corrected chi connectivity index (χ0v) is 15.5. The Hall–Kier alpha value is -2.48. The maximum absolute atomic E-state index is 3.41. The molecule has 4 aromatic rings.